The van der Waals surface area contributed by atoms with Gasteiger partial charge >= 0.3 is 0 Å². The Morgan fingerprint density at radius 1 is 0.844 bits per heavy atom. The number of halogens is 1. The third kappa shape index (κ3) is 5.31. The molecule has 0 amide bonds. The Balaban J connectivity index is 0.00000289. The Hall–Kier alpha value is -2.84. The first-order chi connectivity index (χ1) is 15.3. The summed E-state index contributed by atoms with van der Waals surface area (Å²) in [6, 6.07) is 21.8. The Morgan fingerprint density at radius 3 is 2.47 bits per heavy atom. The van der Waals surface area contributed by atoms with E-state index in [1.807, 2.05) is 0 Å². The fourth-order valence-corrected chi connectivity index (χ4v) is 4.22. The van der Waals surface area contributed by atoms with E-state index in [0.717, 1.165) is 13.1 Å². The van der Waals surface area contributed by atoms with Gasteiger partial charge in [0.15, 0.2) is 0 Å². The molecule has 1 aliphatic rings. The number of fused-ring (bicyclic) bond motifs is 2. The fourth-order valence-electron chi connectivity index (χ4n) is 4.22. The van der Waals surface area contributed by atoms with Gasteiger partial charge in [-0.2, -0.15) is 4.57 Å². The molecule has 166 valence electrons. The maximum absolute atomic E-state index is 2.45. The van der Waals surface area contributed by atoms with Crippen molar-refractivity contribution in [1.82, 2.24) is 0 Å². The molecule has 3 heteroatoms. The van der Waals surface area contributed by atoms with Gasteiger partial charge < -0.3 is 17.3 Å². The van der Waals surface area contributed by atoms with Gasteiger partial charge in [-0.15, -0.1) is 0 Å². The van der Waals surface area contributed by atoms with Gasteiger partial charge in [-0.1, -0.05) is 69.2 Å². The first kappa shape index (κ1) is 23.8. The predicted molar refractivity (Wildman–Crippen MR) is 134 cm³/mol. The number of aromatic nitrogens is 1. The minimum atomic E-state index is 0. The maximum atomic E-state index is 2.45. The summed E-state index contributed by atoms with van der Waals surface area (Å²) in [4.78, 5) is 2.45. The second-order valence-corrected chi connectivity index (χ2v) is 8.17. The molecule has 0 saturated carbocycles. The molecule has 32 heavy (non-hydrogen) atoms. The van der Waals surface area contributed by atoms with Crippen LogP contribution in [0.2, 0.25) is 0 Å². The van der Waals surface area contributed by atoms with Crippen molar-refractivity contribution >= 4 is 28.7 Å². The Bertz CT molecular complexity index is 1130. The van der Waals surface area contributed by atoms with E-state index in [1.54, 1.807) is 0 Å². The number of nitrogens with zero attached hydrogens (tertiary/aromatic N) is 2. The number of unbranched alkanes of at least 4 members (excludes halogenated alkanes) is 2. The fraction of sp³-hybridized carbons (Fsp3) is 0.276. The maximum Gasteiger partial charge on any atom is 0.212 e. The largest absolute Gasteiger partial charge is 1.00 e. The van der Waals surface area contributed by atoms with Crippen LogP contribution in [0.3, 0.4) is 0 Å². The lowest BCUT2D eigenvalue weighted by Gasteiger charge is -2.30. The van der Waals surface area contributed by atoms with Gasteiger partial charge in [0.1, 0.15) is 6.54 Å². The summed E-state index contributed by atoms with van der Waals surface area (Å²) in [5, 5.41) is 1.30. The van der Waals surface area contributed by atoms with Gasteiger partial charge in [0.25, 0.3) is 0 Å². The van der Waals surface area contributed by atoms with E-state index in [9.17, 15) is 0 Å². The molecule has 0 bridgehead atoms. The van der Waals surface area contributed by atoms with Crippen LogP contribution in [0.1, 0.15) is 50.8 Å². The molecule has 2 nitrogen and oxygen atoms in total. The molecule has 0 aliphatic carbocycles. The van der Waals surface area contributed by atoms with E-state index in [2.05, 4.69) is 114 Å². The standard InChI is InChI=1S/C29H33N2.ClH/c1-3-5-22-30-26(20-18-24-12-7-9-16-28(24)30)14-11-15-27-21-19-25-13-8-10-17-29(25)31(27)23-6-4-2;/h7-21H,3-6,22-23H2,1-2H3;1H/q+1;/p-1. The molecular formula is C29H33ClN2. The number of allylic oxidation sites excluding steroid dienone is 3. The summed E-state index contributed by atoms with van der Waals surface area (Å²) >= 11 is 0. The Kier molecular flexibility index (Phi) is 8.70. The van der Waals surface area contributed by atoms with Crippen molar-refractivity contribution in [2.24, 2.45) is 0 Å². The van der Waals surface area contributed by atoms with Crippen LogP contribution in [0.15, 0.2) is 84.6 Å². The summed E-state index contributed by atoms with van der Waals surface area (Å²) in [5.41, 5.74) is 6.42. The first-order valence-corrected chi connectivity index (χ1v) is 11.7. The van der Waals surface area contributed by atoms with Crippen LogP contribution >= 0.6 is 0 Å². The molecule has 0 atom stereocenters. The number of hydrogen-bond donors (Lipinski definition) is 0. The van der Waals surface area contributed by atoms with Gasteiger partial charge in [-0.05, 0) is 42.3 Å². The van der Waals surface area contributed by atoms with Crippen molar-refractivity contribution in [2.45, 2.75) is 46.1 Å². The van der Waals surface area contributed by atoms with E-state index in [0.29, 0.717) is 0 Å². The minimum Gasteiger partial charge on any atom is -1.00 e. The summed E-state index contributed by atoms with van der Waals surface area (Å²) in [6.45, 7) is 6.60. The molecule has 0 unspecified atom stereocenters. The average Bonchev–Trinajstić information content (AvgIpc) is 2.82. The van der Waals surface area contributed by atoms with Crippen LogP contribution in [0.5, 0.6) is 0 Å². The monoisotopic (exact) mass is 444 g/mol. The second kappa shape index (κ2) is 11.7. The molecule has 0 N–H and O–H groups in total. The van der Waals surface area contributed by atoms with E-state index in [4.69, 9.17) is 0 Å². The molecule has 0 spiro atoms. The summed E-state index contributed by atoms with van der Waals surface area (Å²) < 4.78 is 2.45. The topological polar surface area (TPSA) is 7.12 Å². The Labute approximate surface area is 199 Å². The summed E-state index contributed by atoms with van der Waals surface area (Å²) in [7, 11) is 0. The molecule has 3 aromatic rings. The van der Waals surface area contributed by atoms with E-state index >= 15 is 0 Å². The zero-order valence-corrected chi connectivity index (χ0v) is 19.9. The minimum absolute atomic E-state index is 0. The number of aryl methyl sites for hydroxylation is 1. The lowest BCUT2D eigenvalue weighted by atomic mass is 10.0. The van der Waals surface area contributed by atoms with Crippen LogP contribution < -0.4 is 21.9 Å². The lowest BCUT2D eigenvalue weighted by molar-refractivity contribution is -0.673. The van der Waals surface area contributed by atoms with E-state index < -0.39 is 0 Å². The normalized spacial score (nSPS) is 14.2. The number of hydrogen-bond acceptors (Lipinski definition) is 1. The average molecular weight is 445 g/mol. The molecule has 4 rings (SSSR count). The number of pyridine rings is 1. The predicted octanol–water partition coefficient (Wildman–Crippen LogP) is 4.16. The first-order valence-electron chi connectivity index (χ1n) is 11.7. The highest BCUT2D eigenvalue weighted by Gasteiger charge is 2.16. The lowest BCUT2D eigenvalue weighted by Crippen LogP contribution is -3.00. The zero-order chi connectivity index (χ0) is 21.5. The molecule has 1 aliphatic heterocycles. The molecule has 1 aromatic heterocycles. The van der Waals surface area contributed by atoms with Crippen molar-refractivity contribution < 1.29 is 17.0 Å². The smallest absolute Gasteiger partial charge is 0.212 e. The second-order valence-electron chi connectivity index (χ2n) is 8.17. The highest BCUT2D eigenvalue weighted by atomic mass is 35.5. The van der Waals surface area contributed by atoms with Gasteiger partial charge in [0.05, 0.1) is 0 Å². The third-order valence-electron chi connectivity index (χ3n) is 5.95. The van der Waals surface area contributed by atoms with Crippen molar-refractivity contribution in [1.29, 1.82) is 0 Å². The van der Waals surface area contributed by atoms with Crippen LogP contribution in [0, 0.1) is 0 Å². The highest BCUT2D eigenvalue weighted by Crippen LogP contribution is 2.31. The number of anilines is 1. The summed E-state index contributed by atoms with van der Waals surface area (Å²) in [6.07, 6.45) is 15.9. The molecule has 0 radical (unpaired) electrons. The molecule has 2 heterocycles. The molecule has 0 saturated heterocycles. The summed E-state index contributed by atoms with van der Waals surface area (Å²) in [5.74, 6) is 0. The van der Waals surface area contributed by atoms with Gasteiger partial charge in [0.2, 0.25) is 11.2 Å². The highest BCUT2D eigenvalue weighted by molar-refractivity contribution is 5.77. The van der Waals surface area contributed by atoms with Crippen molar-refractivity contribution in [3.63, 3.8) is 0 Å². The van der Waals surface area contributed by atoms with Crippen molar-refractivity contribution in [3.05, 3.63) is 95.8 Å². The third-order valence-corrected chi connectivity index (χ3v) is 5.95. The number of benzene rings is 2. The molecule has 2 aromatic carbocycles. The van der Waals surface area contributed by atoms with Crippen molar-refractivity contribution in [2.75, 3.05) is 11.4 Å². The van der Waals surface area contributed by atoms with Crippen molar-refractivity contribution in [3.8, 4) is 0 Å². The van der Waals surface area contributed by atoms with Crippen LogP contribution in [0.25, 0.3) is 23.1 Å². The zero-order valence-electron chi connectivity index (χ0n) is 19.2. The molecule has 0 fully saturated rings. The van der Waals surface area contributed by atoms with Gasteiger partial charge in [-0.25, -0.2) is 0 Å². The van der Waals surface area contributed by atoms with E-state index in [-0.39, 0.29) is 12.4 Å². The SMILES string of the molecule is CCCCN1/C(=C/C=C/c2ccc3ccccc3[n+]2CCCC)C=Cc2ccccc21.[Cl-]. The van der Waals surface area contributed by atoms with Crippen LogP contribution in [-0.2, 0) is 6.54 Å². The quantitative estimate of drug-likeness (QED) is 0.473. The number of rotatable bonds is 8. The molecular weight excluding hydrogens is 412 g/mol. The van der Waals surface area contributed by atoms with Gasteiger partial charge in [0, 0.05) is 47.9 Å². The van der Waals surface area contributed by atoms with Gasteiger partial charge in [-0.3, -0.25) is 0 Å². The Morgan fingerprint density at radius 2 is 1.62 bits per heavy atom. The van der Waals surface area contributed by atoms with E-state index in [1.165, 1.54) is 59.2 Å². The number of para-hydroxylation sites is 2. The van der Waals surface area contributed by atoms with Crippen LogP contribution in [0.4, 0.5) is 5.69 Å². The van der Waals surface area contributed by atoms with Crippen LogP contribution in [-0.4, -0.2) is 6.54 Å².